The molecule has 1 rings (SSSR count). The van der Waals surface area contributed by atoms with E-state index in [0.717, 1.165) is 11.8 Å². The number of piperidine rings is 1. The Balaban J connectivity index is 0.000001000. The Kier molecular flexibility index (Phi) is 5.98. The summed E-state index contributed by atoms with van der Waals surface area (Å²) in [6.45, 7) is 7.14. The molecule has 0 aliphatic carbocycles. The van der Waals surface area contributed by atoms with E-state index in [2.05, 4.69) is 19.2 Å². The van der Waals surface area contributed by atoms with Gasteiger partial charge in [-0.15, -0.1) is 12.4 Å². The van der Waals surface area contributed by atoms with Crippen LogP contribution in [0.2, 0.25) is 0 Å². The summed E-state index contributed by atoms with van der Waals surface area (Å²) in [5.41, 5.74) is 0. The van der Waals surface area contributed by atoms with E-state index in [1.54, 1.807) is 0 Å². The third kappa shape index (κ3) is 4.65. The third-order valence-electron chi connectivity index (χ3n) is 2.26. The van der Waals surface area contributed by atoms with Crippen LogP contribution < -0.4 is 5.32 Å². The summed E-state index contributed by atoms with van der Waals surface area (Å²) >= 11 is 0. The van der Waals surface area contributed by atoms with Gasteiger partial charge in [0.2, 0.25) is 0 Å². The Bertz CT molecular complexity index is 87.6. The second-order valence-electron chi connectivity index (χ2n) is 3.82. The molecule has 1 heterocycles. The molecule has 0 amide bonds. The normalized spacial score (nSPS) is 19.9. The maximum Gasteiger partial charge on any atom is -0.00463 e. The molecule has 0 radical (unpaired) electrons. The highest BCUT2D eigenvalue weighted by molar-refractivity contribution is 5.85. The van der Waals surface area contributed by atoms with E-state index >= 15 is 0 Å². The van der Waals surface area contributed by atoms with Crippen molar-refractivity contribution in [1.29, 1.82) is 0 Å². The first kappa shape index (κ1) is 11.2. The minimum Gasteiger partial charge on any atom is -0.317 e. The summed E-state index contributed by atoms with van der Waals surface area (Å²) in [5.74, 6) is 1.91. The van der Waals surface area contributed by atoms with Gasteiger partial charge in [0.15, 0.2) is 0 Å². The molecule has 11 heavy (non-hydrogen) atoms. The van der Waals surface area contributed by atoms with Crippen LogP contribution in [0.25, 0.3) is 0 Å². The molecule has 1 aliphatic rings. The van der Waals surface area contributed by atoms with E-state index in [4.69, 9.17) is 0 Å². The smallest absolute Gasteiger partial charge is 0.00463 e. The zero-order valence-electron chi connectivity index (χ0n) is 7.60. The van der Waals surface area contributed by atoms with Crippen LogP contribution in [0, 0.1) is 11.8 Å². The monoisotopic (exact) mass is 177 g/mol. The number of hydrogen-bond acceptors (Lipinski definition) is 1. The number of rotatable bonds is 2. The fourth-order valence-corrected chi connectivity index (χ4v) is 1.78. The molecule has 0 spiro atoms. The lowest BCUT2D eigenvalue weighted by Crippen LogP contribution is -2.28. The van der Waals surface area contributed by atoms with Crippen LogP contribution in [-0.4, -0.2) is 13.1 Å². The van der Waals surface area contributed by atoms with Crippen molar-refractivity contribution in [2.75, 3.05) is 13.1 Å². The van der Waals surface area contributed by atoms with Crippen molar-refractivity contribution in [3.8, 4) is 0 Å². The summed E-state index contributed by atoms with van der Waals surface area (Å²) in [4.78, 5) is 0. The van der Waals surface area contributed by atoms with Gasteiger partial charge in [-0.25, -0.2) is 0 Å². The highest BCUT2D eigenvalue weighted by atomic mass is 35.5. The number of nitrogens with one attached hydrogen (secondary N) is 1. The molecule has 0 unspecified atom stereocenters. The maximum atomic E-state index is 3.39. The standard InChI is InChI=1S/C9H19N.ClH/c1-8(2)7-9-3-5-10-6-4-9;/h8-10H,3-7H2,1-2H3;1H. The summed E-state index contributed by atoms with van der Waals surface area (Å²) < 4.78 is 0. The van der Waals surface area contributed by atoms with Crippen molar-refractivity contribution < 1.29 is 0 Å². The Morgan fingerprint density at radius 3 is 2.27 bits per heavy atom. The Morgan fingerprint density at radius 1 is 1.27 bits per heavy atom. The SMILES string of the molecule is CC(C)CC1CCNCC1.Cl. The van der Waals surface area contributed by atoms with Crippen molar-refractivity contribution >= 4 is 12.4 Å². The van der Waals surface area contributed by atoms with Crippen LogP contribution in [-0.2, 0) is 0 Å². The van der Waals surface area contributed by atoms with E-state index in [9.17, 15) is 0 Å². The zero-order chi connectivity index (χ0) is 7.40. The summed E-state index contributed by atoms with van der Waals surface area (Å²) in [5, 5.41) is 3.39. The molecule has 1 aliphatic heterocycles. The average molecular weight is 178 g/mol. The number of halogens is 1. The Labute approximate surface area is 76.4 Å². The first-order chi connectivity index (χ1) is 4.79. The van der Waals surface area contributed by atoms with Crippen LogP contribution in [0.5, 0.6) is 0 Å². The fourth-order valence-electron chi connectivity index (χ4n) is 1.78. The maximum absolute atomic E-state index is 3.39. The minimum absolute atomic E-state index is 0. The predicted octanol–water partition coefficient (Wildman–Crippen LogP) is 2.45. The van der Waals surface area contributed by atoms with Crippen LogP contribution in [0.3, 0.4) is 0 Å². The molecule has 68 valence electrons. The van der Waals surface area contributed by atoms with E-state index in [1.807, 2.05) is 0 Å². The van der Waals surface area contributed by atoms with Crippen molar-refractivity contribution in [3.63, 3.8) is 0 Å². The first-order valence-corrected chi connectivity index (χ1v) is 4.49. The Hall–Kier alpha value is 0.250. The van der Waals surface area contributed by atoms with Crippen molar-refractivity contribution in [2.24, 2.45) is 11.8 Å². The quantitative estimate of drug-likeness (QED) is 0.684. The highest BCUT2D eigenvalue weighted by Crippen LogP contribution is 2.20. The van der Waals surface area contributed by atoms with Crippen molar-refractivity contribution in [3.05, 3.63) is 0 Å². The fraction of sp³-hybridized carbons (Fsp3) is 1.00. The van der Waals surface area contributed by atoms with Gasteiger partial charge >= 0.3 is 0 Å². The minimum atomic E-state index is 0. The van der Waals surface area contributed by atoms with Crippen LogP contribution >= 0.6 is 12.4 Å². The highest BCUT2D eigenvalue weighted by Gasteiger charge is 2.13. The lowest BCUT2D eigenvalue weighted by molar-refractivity contribution is 0.318. The number of hydrogen-bond donors (Lipinski definition) is 1. The van der Waals surface area contributed by atoms with Crippen LogP contribution in [0.4, 0.5) is 0 Å². The van der Waals surface area contributed by atoms with Gasteiger partial charge in [0.05, 0.1) is 0 Å². The molecule has 1 N–H and O–H groups in total. The lowest BCUT2D eigenvalue weighted by atomic mass is 9.89. The first-order valence-electron chi connectivity index (χ1n) is 4.49. The van der Waals surface area contributed by atoms with E-state index < -0.39 is 0 Å². The molecule has 2 heteroatoms. The molecule has 0 bridgehead atoms. The molecular weight excluding hydrogens is 158 g/mol. The molecule has 0 aromatic rings. The van der Waals surface area contributed by atoms with Crippen LogP contribution in [0.15, 0.2) is 0 Å². The van der Waals surface area contributed by atoms with E-state index in [-0.39, 0.29) is 12.4 Å². The second kappa shape index (κ2) is 5.84. The van der Waals surface area contributed by atoms with Gasteiger partial charge in [-0.1, -0.05) is 13.8 Å². The van der Waals surface area contributed by atoms with Gasteiger partial charge in [-0.05, 0) is 44.2 Å². The molecule has 0 saturated carbocycles. The third-order valence-corrected chi connectivity index (χ3v) is 2.26. The van der Waals surface area contributed by atoms with Crippen LogP contribution in [0.1, 0.15) is 33.1 Å². The topological polar surface area (TPSA) is 12.0 Å². The van der Waals surface area contributed by atoms with Gasteiger partial charge in [-0.2, -0.15) is 0 Å². The zero-order valence-corrected chi connectivity index (χ0v) is 8.41. The largest absolute Gasteiger partial charge is 0.317 e. The second-order valence-corrected chi connectivity index (χ2v) is 3.82. The van der Waals surface area contributed by atoms with E-state index in [1.165, 1.54) is 32.4 Å². The van der Waals surface area contributed by atoms with Gasteiger partial charge < -0.3 is 5.32 Å². The summed E-state index contributed by atoms with van der Waals surface area (Å²) in [6, 6.07) is 0. The molecule has 1 nitrogen and oxygen atoms in total. The lowest BCUT2D eigenvalue weighted by Gasteiger charge is -2.23. The molecule has 0 aromatic heterocycles. The summed E-state index contributed by atoms with van der Waals surface area (Å²) in [7, 11) is 0. The van der Waals surface area contributed by atoms with Gasteiger partial charge in [0.25, 0.3) is 0 Å². The molecule has 0 atom stereocenters. The van der Waals surface area contributed by atoms with E-state index in [0.29, 0.717) is 0 Å². The van der Waals surface area contributed by atoms with Gasteiger partial charge in [0.1, 0.15) is 0 Å². The molecule has 1 fully saturated rings. The molecule has 1 saturated heterocycles. The van der Waals surface area contributed by atoms with Crippen molar-refractivity contribution in [2.45, 2.75) is 33.1 Å². The molecular formula is C9H20ClN. The summed E-state index contributed by atoms with van der Waals surface area (Å²) in [6.07, 6.45) is 4.23. The van der Waals surface area contributed by atoms with Crippen molar-refractivity contribution in [1.82, 2.24) is 5.32 Å². The Morgan fingerprint density at radius 2 is 1.82 bits per heavy atom. The van der Waals surface area contributed by atoms with Gasteiger partial charge in [-0.3, -0.25) is 0 Å². The average Bonchev–Trinajstić information content (AvgIpc) is 1.88. The van der Waals surface area contributed by atoms with Gasteiger partial charge in [0, 0.05) is 0 Å². The molecule has 0 aromatic carbocycles. The predicted molar refractivity (Wildman–Crippen MR) is 52.3 cm³/mol.